The molecule has 0 amide bonds. The normalized spacial score (nSPS) is 10.5. The predicted octanol–water partition coefficient (Wildman–Crippen LogP) is 4.17. The number of halogens is 1. The lowest BCUT2D eigenvalue weighted by atomic mass is 10.1. The SMILES string of the molecule is Cc1ccc(-c2ccc(C)c(F)c2)s1. The fourth-order valence-corrected chi connectivity index (χ4v) is 2.20. The van der Waals surface area contributed by atoms with Gasteiger partial charge in [-0.2, -0.15) is 0 Å². The molecule has 2 heteroatoms. The first kappa shape index (κ1) is 9.41. The summed E-state index contributed by atoms with van der Waals surface area (Å²) in [5, 5.41) is 0. The highest BCUT2D eigenvalue weighted by atomic mass is 32.1. The Morgan fingerprint density at radius 2 is 1.86 bits per heavy atom. The quantitative estimate of drug-likeness (QED) is 0.657. The number of benzene rings is 1. The van der Waals surface area contributed by atoms with Gasteiger partial charge >= 0.3 is 0 Å². The van der Waals surface area contributed by atoms with Crippen LogP contribution in [0.1, 0.15) is 10.4 Å². The minimum absolute atomic E-state index is 0.131. The van der Waals surface area contributed by atoms with E-state index in [1.165, 1.54) is 4.88 Å². The molecular weight excluding hydrogens is 195 g/mol. The van der Waals surface area contributed by atoms with Crippen LogP contribution in [0.2, 0.25) is 0 Å². The molecule has 0 radical (unpaired) electrons. The van der Waals surface area contributed by atoms with Crippen molar-refractivity contribution < 1.29 is 4.39 Å². The van der Waals surface area contributed by atoms with Crippen molar-refractivity contribution in [2.75, 3.05) is 0 Å². The molecule has 0 fully saturated rings. The van der Waals surface area contributed by atoms with Gasteiger partial charge in [-0.3, -0.25) is 0 Å². The van der Waals surface area contributed by atoms with Crippen molar-refractivity contribution in [2.45, 2.75) is 13.8 Å². The maximum atomic E-state index is 13.3. The molecule has 0 aliphatic heterocycles. The largest absolute Gasteiger partial charge is 0.207 e. The van der Waals surface area contributed by atoms with Gasteiger partial charge in [0.15, 0.2) is 0 Å². The molecular formula is C12H11FS. The third kappa shape index (κ3) is 1.70. The number of hydrogen-bond donors (Lipinski definition) is 0. The van der Waals surface area contributed by atoms with Gasteiger partial charge in [0.2, 0.25) is 0 Å². The molecule has 72 valence electrons. The first-order valence-corrected chi connectivity index (χ1v) is 5.31. The summed E-state index contributed by atoms with van der Waals surface area (Å²) in [4.78, 5) is 2.38. The molecule has 1 aromatic heterocycles. The Balaban J connectivity index is 2.47. The summed E-state index contributed by atoms with van der Waals surface area (Å²) in [5.74, 6) is -0.131. The highest BCUT2D eigenvalue weighted by Crippen LogP contribution is 2.28. The van der Waals surface area contributed by atoms with Gasteiger partial charge in [-0.1, -0.05) is 12.1 Å². The Bertz CT molecular complexity index is 457. The molecule has 0 aliphatic rings. The Morgan fingerprint density at radius 1 is 1.07 bits per heavy atom. The van der Waals surface area contributed by atoms with E-state index < -0.39 is 0 Å². The molecule has 2 aromatic rings. The number of hydrogen-bond acceptors (Lipinski definition) is 1. The number of thiophene rings is 1. The van der Waals surface area contributed by atoms with E-state index in [1.807, 2.05) is 18.2 Å². The van der Waals surface area contributed by atoms with Crippen molar-refractivity contribution in [3.8, 4) is 10.4 Å². The highest BCUT2D eigenvalue weighted by Gasteiger charge is 2.03. The van der Waals surface area contributed by atoms with Crippen LogP contribution in [-0.4, -0.2) is 0 Å². The van der Waals surface area contributed by atoms with Gasteiger partial charge in [-0.15, -0.1) is 11.3 Å². The smallest absolute Gasteiger partial charge is 0.126 e. The summed E-state index contributed by atoms with van der Waals surface area (Å²) < 4.78 is 13.3. The van der Waals surface area contributed by atoms with Crippen LogP contribution in [0, 0.1) is 19.7 Å². The molecule has 1 heterocycles. The topological polar surface area (TPSA) is 0 Å². The van der Waals surface area contributed by atoms with Crippen LogP contribution in [0.4, 0.5) is 4.39 Å². The highest BCUT2D eigenvalue weighted by molar-refractivity contribution is 7.15. The molecule has 0 N–H and O–H groups in total. The van der Waals surface area contributed by atoms with Crippen LogP contribution in [0.15, 0.2) is 30.3 Å². The Hall–Kier alpha value is -1.15. The standard InChI is InChI=1S/C12H11FS/c1-8-3-5-10(7-11(8)13)12-6-4-9(2)14-12/h3-7H,1-2H3. The first-order chi connectivity index (χ1) is 6.66. The molecule has 0 atom stereocenters. The second-order valence-corrected chi connectivity index (χ2v) is 4.66. The summed E-state index contributed by atoms with van der Waals surface area (Å²) in [6.45, 7) is 3.83. The number of aryl methyl sites for hydroxylation is 2. The summed E-state index contributed by atoms with van der Waals surface area (Å²) in [7, 11) is 0. The molecule has 14 heavy (non-hydrogen) atoms. The molecule has 1 aromatic carbocycles. The monoisotopic (exact) mass is 206 g/mol. The van der Waals surface area contributed by atoms with E-state index in [0.717, 1.165) is 10.4 Å². The third-order valence-electron chi connectivity index (χ3n) is 2.20. The van der Waals surface area contributed by atoms with Crippen LogP contribution in [0.3, 0.4) is 0 Å². The lowest BCUT2D eigenvalue weighted by Gasteiger charge is -1.99. The molecule has 0 unspecified atom stereocenters. The minimum Gasteiger partial charge on any atom is -0.207 e. The minimum atomic E-state index is -0.131. The average Bonchev–Trinajstić information content (AvgIpc) is 2.57. The fraction of sp³-hybridized carbons (Fsp3) is 0.167. The Labute approximate surface area is 87.0 Å². The maximum absolute atomic E-state index is 13.3. The molecule has 0 bridgehead atoms. The zero-order valence-corrected chi connectivity index (χ0v) is 8.99. The van der Waals surface area contributed by atoms with Crippen molar-refractivity contribution in [2.24, 2.45) is 0 Å². The van der Waals surface area contributed by atoms with Gasteiger partial charge in [0.05, 0.1) is 0 Å². The van der Waals surface area contributed by atoms with Crippen molar-refractivity contribution in [3.05, 3.63) is 46.6 Å². The first-order valence-electron chi connectivity index (χ1n) is 4.50. The van der Waals surface area contributed by atoms with Gasteiger partial charge < -0.3 is 0 Å². The van der Waals surface area contributed by atoms with Gasteiger partial charge in [0.25, 0.3) is 0 Å². The van der Waals surface area contributed by atoms with E-state index in [1.54, 1.807) is 24.3 Å². The predicted molar refractivity (Wildman–Crippen MR) is 59.2 cm³/mol. The zero-order chi connectivity index (χ0) is 10.1. The van der Waals surface area contributed by atoms with E-state index in [9.17, 15) is 4.39 Å². The van der Waals surface area contributed by atoms with Crippen LogP contribution in [0.5, 0.6) is 0 Å². The van der Waals surface area contributed by atoms with E-state index in [2.05, 4.69) is 13.0 Å². The van der Waals surface area contributed by atoms with Crippen LogP contribution in [-0.2, 0) is 0 Å². The van der Waals surface area contributed by atoms with E-state index in [-0.39, 0.29) is 5.82 Å². The molecule has 0 spiro atoms. The summed E-state index contributed by atoms with van der Waals surface area (Å²) in [6.07, 6.45) is 0. The van der Waals surface area contributed by atoms with E-state index in [4.69, 9.17) is 0 Å². The average molecular weight is 206 g/mol. The van der Waals surface area contributed by atoms with Gasteiger partial charge in [-0.05, 0) is 43.2 Å². The van der Waals surface area contributed by atoms with Crippen LogP contribution >= 0.6 is 11.3 Å². The number of rotatable bonds is 1. The second-order valence-electron chi connectivity index (χ2n) is 3.37. The van der Waals surface area contributed by atoms with E-state index in [0.29, 0.717) is 5.56 Å². The fourth-order valence-electron chi connectivity index (χ4n) is 1.34. The molecule has 0 aliphatic carbocycles. The Morgan fingerprint density at radius 3 is 2.43 bits per heavy atom. The molecule has 0 nitrogen and oxygen atoms in total. The van der Waals surface area contributed by atoms with Gasteiger partial charge in [0.1, 0.15) is 5.82 Å². The summed E-state index contributed by atoms with van der Waals surface area (Å²) in [5.41, 5.74) is 1.66. The summed E-state index contributed by atoms with van der Waals surface area (Å²) in [6, 6.07) is 9.46. The van der Waals surface area contributed by atoms with Crippen LogP contribution < -0.4 is 0 Å². The maximum Gasteiger partial charge on any atom is 0.126 e. The lowest BCUT2D eigenvalue weighted by molar-refractivity contribution is 0.619. The van der Waals surface area contributed by atoms with E-state index >= 15 is 0 Å². The molecule has 2 rings (SSSR count). The second kappa shape index (κ2) is 3.54. The van der Waals surface area contributed by atoms with Crippen molar-refractivity contribution >= 4 is 11.3 Å². The van der Waals surface area contributed by atoms with Crippen molar-refractivity contribution in [1.29, 1.82) is 0 Å². The Kier molecular flexibility index (Phi) is 2.38. The van der Waals surface area contributed by atoms with Crippen molar-refractivity contribution in [3.63, 3.8) is 0 Å². The third-order valence-corrected chi connectivity index (χ3v) is 3.25. The van der Waals surface area contributed by atoms with Gasteiger partial charge in [0, 0.05) is 9.75 Å². The summed E-state index contributed by atoms with van der Waals surface area (Å²) >= 11 is 1.69. The van der Waals surface area contributed by atoms with Crippen molar-refractivity contribution in [1.82, 2.24) is 0 Å². The van der Waals surface area contributed by atoms with Crippen LogP contribution in [0.25, 0.3) is 10.4 Å². The zero-order valence-electron chi connectivity index (χ0n) is 8.17. The lowest BCUT2D eigenvalue weighted by Crippen LogP contribution is -1.81. The van der Waals surface area contributed by atoms with Gasteiger partial charge in [-0.25, -0.2) is 4.39 Å². The molecule has 0 saturated heterocycles. The molecule has 0 saturated carbocycles.